The van der Waals surface area contributed by atoms with Gasteiger partial charge in [-0.05, 0) is 54.3 Å². The van der Waals surface area contributed by atoms with Gasteiger partial charge in [0.1, 0.15) is 5.82 Å². The molecule has 0 spiro atoms. The van der Waals surface area contributed by atoms with Crippen LogP contribution in [-0.2, 0) is 16.0 Å². The Kier molecular flexibility index (Phi) is 7.08. The molecule has 0 aliphatic heterocycles. The quantitative estimate of drug-likeness (QED) is 0.503. The summed E-state index contributed by atoms with van der Waals surface area (Å²) in [6.45, 7) is 9.15. The predicted octanol–water partition coefficient (Wildman–Crippen LogP) is 5.40. The zero-order valence-corrected chi connectivity index (χ0v) is 19.0. The second-order valence-corrected chi connectivity index (χ2v) is 8.43. The fourth-order valence-electron chi connectivity index (χ4n) is 3.26. The summed E-state index contributed by atoms with van der Waals surface area (Å²) >= 11 is 0. The summed E-state index contributed by atoms with van der Waals surface area (Å²) in [5.74, 6) is -0.457. The first-order chi connectivity index (χ1) is 15.2. The van der Waals surface area contributed by atoms with Crippen LogP contribution < -0.4 is 10.1 Å². The molecule has 6 nitrogen and oxygen atoms in total. The number of carbonyl (C=O) groups excluding carboxylic acids is 2. The van der Waals surface area contributed by atoms with Crippen molar-refractivity contribution in [3.05, 3.63) is 60.0 Å². The lowest BCUT2D eigenvalue weighted by Crippen LogP contribution is -2.17. The number of carbonyl (C=O) groups is 2. The zero-order chi connectivity index (χ0) is 23.4. The molecule has 168 valence electrons. The number of anilines is 1. The zero-order valence-electron chi connectivity index (χ0n) is 19.0. The molecule has 0 bridgehead atoms. The molecule has 1 N–H and O–H groups in total. The Hall–Kier alpha value is -3.48. The van der Waals surface area contributed by atoms with Crippen LogP contribution in [0.25, 0.3) is 16.8 Å². The Morgan fingerprint density at radius 3 is 2.19 bits per heavy atom. The molecule has 1 aromatic heterocycles. The third-order valence-electron chi connectivity index (χ3n) is 4.79. The van der Waals surface area contributed by atoms with Gasteiger partial charge in [-0.1, -0.05) is 39.8 Å². The lowest BCUT2D eigenvalue weighted by atomic mass is 9.99. The highest BCUT2D eigenvalue weighted by Gasteiger charge is 2.24. The molecule has 0 saturated carbocycles. The predicted molar refractivity (Wildman–Crippen MR) is 122 cm³/mol. The maximum atomic E-state index is 13.5. The molecule has 1 heterocycles. The van der Waals surface area contributed by atoms with Gasteiger partial charge in [-0.2, -0.15) is 9.78 Å². The number of nitrogens with one attached hydrogen (secondary N) is 1. The molecule has 3 rings (SSSR count). The number of hydrogen-bond donors (Lipinski definition) is 1. The largest absolute Gasteiger partial charge is 0.407 e. The standard InChI is InChI=1S/C25H28FN3O3/c1-15(2)14-22-23(18-6-10-20(11-7-18)27-24(31)16(3)4)25(32-17(5)30)29(28-22)21-12-8-19(26)9-13-21/h6-13,15-16H,14H2,1-5H3,(H,27,31). The molecule has 7 heteroatoms. The maximum absolute atomic E-state index is 13.5. The number of benzene rings is 2. The molecule has 0 fully saturated rings. The van der Waals surface area contributed by atoms with E-state index in [-0.39, 0.29) is 23.5 Å². The number of aromatic nitrogens is 2. The van der Waals surface area contributed by atoms with E-state index in [4.69, 9.17) is 9.84 Å². The van der Waals surface area contributed by atoms with Gasteiger partial charge < -0.3 is 10.1 Å². The minimum absolute atomic E-state index is 0.0667. The topological polar surface area (TPSA) is 73.2 Å². The van der Waals surface area contributed by atoms with E-state index in [1.165, 1.54) is 23.7 Å². The first kappa shape index (κ1) is 23.2. The molecule has 0 aliphatic rings. The smallest absolute Gasteiger partial charge is 0.309 e. The third kappa shape index (κ3) is 5.41. The van der Waals surface area contributed by atoms with Gasteiger partial charge in [-0.3, -0.25) is 9.59 Å². The lowest BCUT2D eigenvalue weighted by Gasteiger charge is -2.11. The van der Waals surface area contributed by atoms with Crippen molar-refractivity contribution in [2.24, 2.45) is 11.8 Å². The molecule has 3 aromatic rings. The van der Waals surface area contributed by atoms with Gasteiger partial charge in [-0.25, -0.2) is 4.39 Å². The van der Waals surface area contributed by atoms with Gasteiger partial charge in [-0.15, -0.1) is 0 Å². The lowest BCUT2D eigenvalue weighted by molar-refractivity contribution is -0.132. The van der Waals surface area contributed by atoms with E-state index < -0.39 is 5.97 Å². The van der Waals surface area contributed by atoms with Gasteiger partial charge in [0.05, 0.1) is 16.9 Å². The highest BCUT2D eigenvalue weighted by Crippen LogP contribution is 2.37. The molecule has 0 unspecified atom stereocenters. The Bertz CT molecular complexity index is 1100. The van der Waals surface area contributed by atoms with E-state index in [1.54, 1.807) is 12.1 Å². The summed E-state index contributed by atoms with van der Waals surface area (Å²) in [4.78, 5) is 23.9. The number of hydrogen-bond acceptors (Lipinski definition) is 4. The normalized spacial score (nSPS) is 11.1. The monoisotopic (exact) mass is 437 g/mol. The highest BCUT2D eigenvalue weighted by atomic mass is 19.1. The Labute approximate surface area is 187 Å². The SMILES string of the molecule is CC(=O)Oc1c(-c2ccc(NC(=O)C(C)C)cc2)c(CC(C)C)nn1-c1ccc(F)cc1. The van der Waals surface area contributed by atoms with Crippen LogP contribution in [0.5, 0.6) is 5.88 Å². The molecule has 0 aliphatic carbocycles. The summed E-state index contributed by atoms with van der Waals surface area (Å²) in [6.07, 6.45) is 0.656. The van der Waals surface area contributed by atoms with E-state index >= 15 is 0 Å². The molecular formula is C25H28FN3O3. The molecule has 1 amide bonds. The van der Waals surface area contributed by atoms with Crippen LogP contribution in [0.3, 0.4) is 0 Å². The van der Waals surface area contributed by atoms with Gasteiger partial charge in [0.25, 0.3) is 0 Å². The Balaban J connectivity index is 2.12. The van der Waals surface area contributed by atoms with Crippen LogP contribution in [-0.4, -0.2) is 21.7 Å². The van der Waals surface area contributed by atoms with Gasteiger partial charge in [0.2, 0.25) is 11.8 Å². The van der Waals surface area contributed by atoms with Gasteiger partial charge in [0, 0.05) is 18.5 Å². The summed E-state index contributed by atoms with van der Waals surface area (Å²) in [5, 5.41) is 7.59. The average Bonchev–Trinajstić information content (AvgIpc) is 3.05. The fraction of sp³-hybridized carbons (Fsp3) is 0.320. The second kappa shape index (κ2) is 9.77. The summed E-state index contributed by atoms with van der Waals surface area (Å²) < 4.78 is 20.6. The number of nitrogens with zero attached hydrogens (tertiary/aromatic N) is 2. The average molecular weight is 438 g/mol. The second-order valence-electron chi connectivity index (χ2n) is 8.43. The number of halogens is 1. The van der Waals surface area contributed by atoms with E-state index in [0.717, 1.165) is 11.3 Å². The third-order valence-corrected chi connectivity index (χ3v) is 4.79. The first-order valence-electron chi connectivity index (χ1n) is 10.6. The molecule has 0 radical (unpaired) electrons. The van der Waals surface area contributed by atoms with Crippen molar-refractivity contribution >= 4 is 17.6 Å². The summed E-state index contributed by atoms with van der Waals surface area (Å²) in [6, 6.07) is 13.2. The van der Waals surface area contributed by atoms with E-state index in [2.05, 4.69) is 19.2 Å². The van der Waals surface area contributed by atoms with Crippen LogP contribution in [0.2, 0.25) is 0 Å². The number of esters is 1. The van der Waals surface area contributed by atoms with E-state index in [0.29, 0.717) is 29.3 Å². The van der Waals surface area contributed by atoms with Crippen molar-refractivity contribution in [3.63, 3.8) is 0 Å². The maximum Gasteiger partial charge on any atom is 0.309 e. The van der Waals surface area contributed by atoms with E-state index in [1.807, 2.05) is 38.1 Å². The minimum atomic E-state index is -0.480. The van der Waals surface area contributed by atoms with Crippen molar-refractivity contribution in [2.75, 3.05) is 5.32 Å². The van der Waals surface area contributed by atoms with Crippen molar-refractivity contribution in [1.82, 2.24) is 9.78 Å². The van der Waals surface area contributed by atoms with Crippen LogP contribution in [0.15, 0.2) is 48.5 Å². The van der Waals surface area contributed by atoms with Crippen molar-refractivity contribution < 1.29 is 18.7 Å². The number of amides is 1. The van der Waals surface area contributed by atoms with Crippen molar-refractivity contribution in [2.45, 2.75) is 41.0 Å². The molecule has 0 saturated heterocycles. The highest BCUT2D eigenvalue weighted by molar-refractivity contribution is 5.92. The van der Waals surface area contributed by atoms with Gasteiger partial charge >= 0.3 is 5.97 Å². The van der Waals surface area contributed by atoms with Crippen LogP contribution in [0, 0.1) is 17.7 Å². The van der Waals surface area contributed by atoms with Crippen LogP contribution in [0.1, 0.15) is 40.3 Å². The minimum Gasteiger partial charge on any atom is -0.407 e. The van der Waals surface area contributed by atoms with Crippen molar-refractivity contribution in [1.29, 1.82) is 0 Å². The molecule has 2 aromatic carbocycles. The van der Waals surface area contributed by atoms with Gasteiger partial charge in [0.15, 0.2) is 0 Å². The molecular weight excluding hydrogens is 409 g/mol. The van der Waals surface area contributed by atoms with Crippen LogP contribution in [0.4, 0.5) is 10.1 Å². The summed E-state index contributed by atoms with van der Waals surface area (Å²) in [5.41, 5.74) is 3.52. The molecule has 0 atom stereocenters. The number of rotatable bonds is 7. The molecule has 32 heavy (non-hydrogen) atoms. The number of ether oxygens (including phenoxy) is 1. The first-order valence-corrected chi connectivity index (χ1v) is 10.6. The Morgan fingerprint density at radius 1 is 1.03 bits per heavy atom. The Morgan fingerprint density at radius 2 is 1.66 bits per heavy atom. The fourth-order valence-corrected chi connectivity index (χ4v) is 3.26. The van der Waals surface area contributed by atoms with E-state index in [9.17, 15) is 14.0 Å². The summed E-state index contributed by atoms with van der Waals surface area (Å²) in [7, 11) is 0. The van der Waals surface area contributed by atoms with Crippen molar-refractivity contribution in [3.8, 4) is 22.7 Å². The van der Waals surface area contributed by atoms with Crippen LogP contribution >= 0.6 is 0 Å².